The monoisotopic (exact) mass is 273 g/mol. The zero-order valence-electron chi connectivity index (χ0n) is 11.0. The van der Waals surface area contributed by atoms with E-state index in [1.807, 2.05) is 0 Å². The van der Waals surface area contributed by atoms with Crippen molar-refractivity contribution in [2.45, 2.75) is 31.9 Å². The highest BCUT2D eigenvalue weighted by atomic mass is 16.3. The van der Waals surface area contributed by atoms with Crippen molar-refractivity contribution < 1.29 is 24.6 Å². The third-order valence-corrected chi connectivity index (χ3v) is 2.75. The first-order valence-corrected chi connectivity index (χ1v) is 5.97. The molecule has 0 aromatic rings. The van der Waals surface area contributed by atoms with Crippen LogP contribution < -0.4 is 10.6 Å². The largest absolute Gasteiger partial charge is 0.394 e. The van der Waals surface area contributed by atoms with Gasteiger partial charge in [-0.2, -0.15) is 0 Å². The molecular weight excluding hydrogens is 254 g/mol. The van der Waals surface area contributed by atoms with Gasteiger partial charge < -0.3 is 20.8 Å². The molecule has 0 radical (unpaired) electrons. The second kappa shape index (κ2) is 5.98. The van der Waals surface area contributed by atoms with Crippen LogP contribution in [0, 0.1) is 0 Å². The number of carbonyl (C=O) groups is 3. The lowest BCUT2D eigenvalue weighted by atomic mass is 10.1. The molecule has 1 heterocycles. The van der Waals surface area contributed by atoms with E-state index in [1.54, 1.807) is 13.8 Å². The second-order valence-electron chi connectivity index (χ2n) is 4.90. The molecule has 108 valence electrons. The molecule has 1 aliphatic heterocycles. The molecule has 1 fully saturated rings. The molecule has 0 aromatic carbocycles. The van der Waals surface area contributed by atoms with E-state index < -0.39 is 30.2 Å². The summed E-state index contributed by atoms with van der Waals surface area (Å²) in [5, 5.41) is 22.5. The van der Waals surface area contributed by atoms with Gasteiger partial charge in [-0.15, -0.1) is 0 Å². The van der Waals surface area contributed by atoms with E-state index in [0.717, 1.165) is 4.90 Å². The molecule has 1 atom stereocenters. The molecule has 1 rings (SSSR count). The predicted octanol–water partition coefficient (Wildman–Crippen LogP) is -1.82. The normalized spacial score (nSPS) is 19.3. The molecule has 4 amide bonds. The first-order chi connectivity index (χ1) is 8.77. The van der Waals surface area contributed by atoms with Crippen molar-refractivity contribution in [3.63, 3.8) is 0 Å². The van der Waals surface area contributed by atoms with Gasteiger partial charge in [-0.3, -0.25) is 14.5 Å². The third-order valence-electron chi connectivity index (χ3n) is 2.75. The van der Waals surface area contributed by atoms with Gasteiger partial charge in [0.15, 0.2) is 0 Å². The second-order valence-corrected chi connectivity index (χ2v) is 4.90. The Bertz CT molecular complexity index is 383. The number of hydrogen-bond acceptors (Lipinski definition) is 5. The first-order valence-electron chi connectivity index (χ1n) is 5.97. The van der Waals surface area contributed by atoms with Crippen molar-refractivity contribution in [2.24, 2.45) is 0 Å². The number of imide groups is 1. The van der Waals surface area contributed by atoms with E-state index in [4.69, 9.17) is 10.2 Å². The summed E-state index contributed by atoms with van der Waals surface area (Å²) in [6.07, 6.45) is -1.06. The van der Waals surface area contributed by atoms with Crippen molar-refractivity contribution in [3.05, 3.63) is 0 Å². The molecule has 1 saturated heterocycles. The summed E-state index contributed by atoms with van der Waals surface area (Å²) in [6.45, 7) is 2.65. The maximum absolute atomic E-state index is 11.8. The Balaban J connectivity index is 2.39. The Morgan fingerprint density at radius 1 is 1.47 bits per heavy atom. The molecule has 0 spiro atoms. The lowest BCUT2D eigenvalue weighted by Gasteiger charge is -2.16. The average molecular weight is 273 g/mol. The quantitative estimate of drug-likeness (QED) is 0.425. The fourth-order valence-corrected chi connectivity index (χ4v) is 1.62. The minimum Gasteiger partial charge on any atom is -0.394 e. The highest BCUT2D eigenvalue weighted by Gasteiger charge is 2.43. The number of nitrogens with zero attached hydrogens (tertiary/aromatic N) is 1. The van der Waals surface area contributed by atoms with E-state index in [-0.39, 0.29) is 25.4 Å². The van der Waals surface area contributed by atoms with E-state index in [2.05, 4.69) is 10.6 Å². The van der Waals surface area contributed by atoms with E-state index >= 15 is 0 Å². The smallest absolute Gasteiger partial charge is 0.325 e. The van der Waals surface area contributed by atoms with Crippen LogP contribution in [0.5, 0.6) is 0 Å². The summed E-state index contributed by atoms with van der Waals surface area (Å²) in [7, 11) is 0. The van der Waals surface area contributed by atoms with Crippen molar-refractivity contribution >= 4 is 17.8 Å². The van der Waals surface area contributed by atoms with Gasteiger partial charge in [0.05, 0.1) is 12.7 Å². The highest BCUT2D eigenvalue weighted by molar-refractivity contribution is 6.06. The Morgan fingerprint density at radius 3 is 2.58 bits per heavy atom. The van der Waals surface area contributed by atoms with Crippen LogP contribution in [0.3, 0.4) is 0 Å². The number of aliphatic hydroxyl groups is 2. The summed E-state index contributed by atoms with van der Waals surface area (Å²) in [5.41, 5.74) is -0.944. The van der Waals surface area contributed by atoms with Gasteiger partial charge in [-0.1, -0.05) is 0 Å². The number of rotatable bonds is 6. The molecule has 19 heavy (non-hydrogen) atoms. The van der Waals surface area contributed by atoms with Gasteiger partial charge >= 0.3 is 6.03 Å². The molecule has 4 N–H and O–H groups in total. The van der Waals surface area contributed by atoms with Crippen LogP contribution >= 0.6 is 0 Å². The number of carbonyl (C=O) groups excluding carboxylic acids is 3. The Kier molecular flexibility index (Phi) is 4.84. The molecule has 0 saturated carbocycles. The molecule has 8 heteroatoms. The molecule has 0 aliphatic carbocycles. The average Bonchev–Trinajstić information content (AvgIpc) is 2.53. The van der Waals surface area contributed by atoms with Crippen LogP contribution in [0.2, 0.25) is 0 Å². The summed E-state index contributed by atoms with van der Waals surface area (Å²) in [5.74, 6) is -0.779. The Morgan fingerprint density at radius 2 is 2.11 bits per heavy atom. The summed E-state index contributed by atoms with van der Waals surface area (Å²) < 4.78 is 0. The Labute approximate surface area is 110 Å². The van der Waals surface area contributed by atoms with Crippen LogP contribution in [0.25, 0.3) is 0 Å². The van der Waals surface area contributed by atoms with Gasteiger partial charge in [-0.05, 0) is 13.8 Å². The zero-order chi connectivity index (χ0) is 14.6. The molecular formula is C11H19N3O5. The van der Waals surface area contributed by atoms with Crippen molar-refractivity contribution in [1.29, 1.82) is 0 Å². The van der Waals surface area contributed by atoms with Gasteiger partial charge in [0.2, 0.25) is 5.91 Å². The minimum atomic E-state index is -1.01. The summed E-state index contributed by atoms with van der Waals surface area (Å²) in [4.78, 5) is 35.7. The van der Waals surface area contributed by atoms with Crippen LogP contribution in [0.4, 0.5) is 4.79 Å². The van der Waals surface area contributed by atoms with Crippen molar-refractivity contribution in [2.75, 3.05) is 19.7 Å². The van der Waals surface area contributed by atoms with Gasteiger partial charge in [0.1, 0.15) is 5.54 Å². The van der Waals surface area contributed by atoms with E-state index in [0.29, 0.717) is 0 Å². The topological polar surface area (TPSA) is 119 Å². The molecule has 8 nitrogen and oxygen atoms in total. The lowest BCUT2D eigenvalue weighted by Crippen LogP contribution is -2.41. The standard InChI is InChI=1S/C11H19N3O5/c1-11(2)9(18)14(10(19)13-11)4-3-8(17)12-5-7(16)6-15/h7,15-16H,3-6H2,1-2H3,(H,12,17)(H,13,19). The fourth-order valence-electron chi connectivity index (χ4n) is 1.62. The number of amides is 4. The zero-order valence-corrected chi connectivity index (χ0v) is 11.0. The van der Waals surface area contributed by atoms with Crippen LogP contribution in [0.15, 0.2) is 0 Å². The number of urea groups is 1. The van der Waals surface area contributed by atoms with E-state index in [1.165, 1.54) is 0 Å². The fraction of sp³-hybridized carbons (Fsp3) is 0.727. The Hall–Kier alpha value is -1.67. The predicted molar refractivity (Wildman–Crippen MR) is 65.0 cm³/mol. The molecule has 1 unspecified atom stereocenters. The third kappa shape index (κ3) is 3.90. The maximum atomic E-state index is 11.8. The van der Waals surface area contributed by atoms with Crippen molar-refractivity contribution in [1.82, 2.24) is 15.5 Å². The van der Waals surface area contributed by atoms with Gasteiger partial charge in [-0.25, -0.2) is 4.79 Å². The van der Waals surface area contributed by atoms with Gasteiger partial charge in [0.25, 0.3) is 5.91 Å². The van der Waals surface area contributed by atoms with Crippen LogP contribution in [0.1, 0.15) is 20.3 Å². The van der Waals surface area contributed by atoms with Gasteiger partial charge in [0, 0.05) is 19.5 Å². The summed E-state index contributed by atoms with van der Waals surface area (Å²) in [6, 6.07) is -0.516. The molecule has 1 aliphatic rings. The molecule has 0 aromatic heterocycles. The number of hydrogen-bond donors (Lipinski definition) is 4. The molecule has 0 bridgehead atoms. The van der Waals surface area contributed by atoms with Crippen molar-refractivity contribution in [3.8, 4) is 0 Å². The van der Waals surface area contributed by atoms with E-state index in [9.17, 15) is 14.4 Å². The number of nitrogens with one attached hydrogen (secondary N) is 2. The number of aliphatic hydroxyl groups excluding tert-OH is 2. The first kappa shape index (κ1) is 15.4. The van der Waals surface area contributed by atoms with Crippen LogP contribution in [-0.2, 0) is 9.59 Å². The SMILES string of the molecule is CC1(C)NC(=O)N(CCC(=O)NCC(O)CO)C1=O. The maximum Gasteiger partial charge on any atom is 0.325 e. The minimum absolute atomic E-state index is 0.0187. The highest BCUT2D eigenvalue weighted by Crippen LogP contribution is 2.16. The van der Waals surface area contributed by atoms with Crippen LogP contribution in [-0.4, -0.2) is 64.3 Å². The summed E-state index contributed by atoms with van der Waals surface area (Å²) >= 11 is 0. The lowest BCUT2D eigenvalue weighted by molar-refractivity contribution is -0.130.